The second-order valence-corrected chi connectivity index (χ2v) is 2.34. The predicted molar refractivity (Wildman–Crippen MR) is 34.7 cm³/mol. The fourth-order valence-electron chi connectivity index (χ4n) is 0.899. The van der Waals surface area contributed by atoms with E-state index in [9.17, 15) is 4.79 Å². The van der Waals surface area contributed by atoms with Gasteiger partial charge in [0.05, 0.1) is 12.6 Å². The Labute approximate surface area is 58.4 Å². The first-order chi connectivity index (χ1) is 4.61. The first-order valence-electron chi connectivity index (χ1n) is 2.95. The minimum Gasteiger partial charge on any atom is -0.465 e. The molecule has 1 saturated heterocycles. The standard InChI is InChI=1S/C6H9NO3/c1-4-2-7(6(9)10)3-5(4)8/h5,8H,1-3H2,(H,9,10)/t5-/m1/s1. The number of hydrogen-bond acceptors (Lipinski definition) is 2. The van der Waals surface area contributed by atoms with Gasteiger partial charge in [0.1, 0.15) is 0 Å². The van der Waals surface area contributed by atoms with E-state index >= 15 is 0 Å². The van der Waals surface area contributed by atoms with Crippen LogP contribution >= 0.6 is 0 Å². The first kappa shape index (κ1) is 7.08. The van der Waals surface area contributed by atoms with Crippen molar-refractivity contribution >= 4 is 6.09 Å². The summed E-state index contributed by atoms with van der Waals surface area (Å²) in [7, 11) is 0. The minimum absolute atomic E-state index is 0.161. The highest BCUT2D eigenvalue weighted by Crippen LogP contribution is 2.13. The van der Waals surface area contributed by atoms with Crippen molar-refractivity contribution in [1.82, 2.24) is 4.90 Å². The van der Waals surface area contributed by atoms with E-state index in [0.717, 1.165) is 4.90 Å². The van der Waals surface area contributed by atoms with Crippen LogP contribution in [0.2, 0.25) is 0 Å². The second kappa shape index (κ2) is 2.30. The van der Waals surface area contributed by atoms with Gasteiger partial charge in [-0.05, 0) is 5.57 Å². The van der Waals surface area contributed by atoms with Gasteiger partial charge < -0.3 is 15.1 Å². The fourth-order valence-corrected chi connectivity index (χ4v) is 0.899. The number of nitrogens with zero attached hydrogens (tertiary/aromatic N) is 1. The van der Waals surface area contributed by atoms with Crippen molar-refractivity contribution in [2.45, 2.75) is 6.10 Å². The quantitative estimate of drug-likeness (QED) is 0.465. The summed E-state index contributed by atoms with van der Waals surface area (Å²) in [6, 6.07) is 0. The van der Waals surface area contributed by atoms with Crippen LogP contribution < -0.4 is 0 Å². The third kappa shape index (κ3) is 1.11. The number of amides is 1. The summed E-state index contributed by atoms with van der Waals surface area (Å²) >= 11 is 0. The summed E-state index contributed by atoms with van der Waals surface area (Å²) in [5.41, 5.74) is 0.572. The van der Waals surface area contributed by atoms with Crippen LogP contribution in [0.1, 0.15) is 0 Å². The Balaban J connectivity index is 2.57. The monoisotopic (exact) mass is 143 g/mol. The van der Waals surface area contributed by atoms with E-state index in [1.165, 1.54) is 0 Å². The van der Waals surface area contributed by atoms with Crippen LogP contribution in [0, 0.1) is 0 Å². The number of hydrogen-bond donors (Lipinski definition) is 2. The average Bonchev–Trinajstić information content (AvgIpc) is 2.13. The van der Waals surface area contributed by atoms with Gasteiger partial charge in [-0.2, -0.15) is 0 Å². The highest BCUT2D eigenvalue weighted by molar-refractivity contribution is 5.66. The van der Waals surface area contributed by atoms with Gasteiger partial charge in [-0.1, -0.05) is 6.58 Å². The number of aliphatic hydroxyl groups excluding tert-OH is 1. The van der Waals surface area contributed by atoms with Crippen LogP contribution in [0.4, 0.5) is 4.79 Å². The van der Waals surface area contributed by atoms with E-state index in [1.54, 1.807) is 0 Å². The molecule has 0 aromatic heterocycles. The normalized spacial score (nSPS) is 25.5. The molecule has 1 amide bonds. The van der Waals surface area contributed by atoms with Gasteiger partial charge in [-0.3, -0.25) is 0 Å². The topological polar surface area (TPSA) is 60.8 Å². The lowest BCUT2D eigenvalue weighted by Gasteiger charge is -2.07. The molecule has 0 radical (unpaired) electrons. The number of rotatable bonds is 0. The van der Waals surface area contributed by atoms with Crippen molar-refractivity contribution in [1.29, 1.82) is 0 Å². The Kier molecular flexibility index (Phi) is 1.63. The van der Waals surface area contributed by atoms with Crippen LogP contribution in [-0.2, 0) is 0 Å². The molecule has 0 aromatic carbocycles. The van der Waals surface area contributed by atoms with Crippen LogP contribution in [0.5, 0.6) is 0 Å². The van der Waals surface area contributed by atoms with E-state index in [0.29, 0.717) is 5.57 Å². The van der Waals surface area contributed by atoms with Gasteiger partial charge in [0.2, 0.25) is 0 Å². The average molecular weight is 143 g/mol. The van der Waals surface area contributed by atoms with Crippen molar-refractivity contribution < 1.29 is 15.0 Å². The number of β-amino-alcohol motifs (C(OH)–C–C–N with tert-alkyl or cyclic N) is 1. The molecular weight excluding hydrogens is 134 g/mol. The van der Waals surface area contributed by atoms with Crippen LogP contribution in [-0.4, -0.2) is 40.4 Å². The van der Waals surface area contributed by atoms with Crippen LogP contribution in [0.3, 0.4) is 0 Å². The molecule has 0 aromatic rings. The highest BCUT2D eigenvalue weighted by Gasteiger charge is 2.26. The third-order valence-electron chi connectivity index (χ3n) is 1.53. The molecule has 0 bridgehead atoms. The summed E-state index contributed by atoms with van der Waals surface area (Å²) < 4.78 is 0. The molecular formula is C6H9NO3. The summed E-state index contributed by atoms with van der Waals surface area (Å²) in [5.74, 6) is 0. The minimum atomic E-state index is -1.00. The molecule has 4 nitrogen and oxygen atoms in total. The number of carboxylic acid groups (broad SMARTS) is 1. The smallest absolute Gasteiger partial charge is 0.407 e. The number of likely N-dealkylation sites (tertiary alicyclic amines) is 1. The second-order valence-electron chi connectivity index (χ2n) is 2.34. The van der Waals surface area contributed by atoms with Gasteiger partial charge >= 0.3 is 6.09 Å². The van der Waals surface area contributed by atoms with E-state index in [1.807, 2.05) is 0 Å². The van der Waals surface area contributed by atoms with Crippen LogP contribution in [0.15, 0.2) is 12.2 Å². The Morgan fingerprint density at radius 3 is 2.60 bits per heavy atom. The lowest BCUT2D eigenvalue weighted by atomic mass is 10.2. The maximum absolute atomic E-state index is 10.3. The summed E-state index contributed by atoms with van der Waals surface area (Å²) in [5, 5.41) is 17.4. The first-order valence-corrected chi connectivity index (χ1v) is 2.95. The molecule has 10 heavy (non-hydrogen) atoms. The van der Waals surface area contributed by atoms with Crippen molar-refractivity contribution in [3.05, 3.63) is 12.2 Å². The van der Waals surface area contributed by atoms with E-state index < -0.39 is 12.2 Å². The van der Waals surface area contributed by atoms with Crippen molar-refractivity contribution in [3.63, 3.8) is 0 Å². The summed E-state index contributed by atoms with van der Waals surface area (Å²) in [6.45, 7) is 3.93. The lowest BCUT2D eigenvalue weighted by molar-refractivity contribution is 0.142. The molecule has 2 N–H and O–H groups in total. The Morgan fingerprint density at radius 1 is 1.80 bits per heavy atom. The summed E-state index contributed by atoms with van der Waals surface area (Å²) in [4.78, 5) is 11.4. The molecule has 1 fully saturated rings. The zero-order valence-electron chi connectivity index (χ0n) is 5.45. The Hall–Kier alpha value is -1.03. The molecule has 1 atom stereocenters. The zero-order valence-corrected chi connectivity index (χ0v) is 5.45. The lowest BCUT2D eigenvalue weighted by Crippen LogP contribution is -2.27. The molecule has 4 heteroatoms. The van der Waals surface area contributed by atoms with Gasteiger partial charge in [-0.25, -0.2) is 4.79 Å². The largest absolute Gasteiger partial charge is 0.465 e. The van der Waals surface area contributed by atoms with Gasteiger partial charge in [0.25, 0.3) is 0 Å². The molecule has 0 spiro atoms. The molecule has 1 rings (SSSR count). The third-order valence-corrected chi connectivity index (χ3v) is 1.53. The maximum atomic E-state index is 10.3. The molecule has 0 aliphatic carbocycles. The maximum Gasteiger partial charge on any atom is 0.407 e. The summed E-state index contributed by atoms with van der Waals surface area (Å²) in [6.07, 6.45) is -1.67. The van der Waals surface area contributed by atoms with Crippen molar-refractivity contribution in [2.24, 2.45) is 0 Å². The number of carbonyl (C=O) groups is 1. The molecule has 1 aliphatic heterocycles. The van der Waals surface area contributed by atoms with Crippen molar-refractivity contribution in [3.8, 4) is 0 Å². The molecule has 0 unspecified atom stereocenters. The molecule has 56 valence electrons. The number of aliphatic hydroxyl groups is 1. The molecule has 1 heterocycles. The van der Waals surface area contributed by atoms with Gasteiger partial charge in [-0.15, -0.1) is 0 Å². The zero-order chi connectivity index (χ0) is 7.72. The Bertz CT molecular complexity index is 178. The van der Waals surface area contributed by atoms with E-state index in [4.69, 9.17) is 10.2 Å². The van der Waals surface area contributed by atoms with E-state index in [-0.39, 0.29) is 13.1 Å². The van der Waals surface area contributed by atoms with E-state index in [2.05, 4.69) is 6.58 Å². The van der Waals surface area contributed by atoms with Gasteiger partial charge in [0, 0.05) is 6.54 Å². The van der Waals surface area contributed by atoms with Gasteiger partial charge in [0.15, 0.2) is 0 Å². The Morgan fingerprint density at radius 2 is 2.40 bits per heavy atom. The molecule has 1 aliphatic rings. The highest BCUT2D eigenvalue weighted by atomic mass is 16.4. The van der Waals surface area contributed by atoms with Crippen LogP contribution in [0.25, 0.3) is 0 Å². The predicted octanol–water partition coefficient (Wildman–Crippen LogP) is -0.103. The molecule has 0 saturated carbocycles. The fraction of sp³-hybridized carbons (Fsp3) is 0.500. The SMILES string of the molecule is C=C1CN(C(=O)O)C[C@H]1O. The van der Waals surface area contributed by atoms with Crippen molar-refractivity contribution in [2.75, 3.05) is 13.1 Å².